The number of aryl methyl sites for hydroxylation is 1. The van der Waals surface area contributed by atoms with Gasteiger partial charge in [0.05, 0.1) is 17.7 Å². The van der Waals surface area contributed by atoms with Crippen LogP contribution in [0, 0.1) is 0 Å². The molecule has 2 aromatic heterocycles. The Morgan fingerprint density at radius 1 is 1.31 bits per heavy atom. The molecule has 3 N–H and O–H groups in total. The highest BCUT2D eigenvalue weighted by Gasteiger charge is 2.29. The van der Waals surface area contributed by atoms with Crippen LogP contribution in [0.4, 0.5) is 0 Å². The zero-order valence-corrected chi connectivity index (χ0v) is 15.1. The fraction of sp³-hybridized carbons (Fsp3) is 0.400. The van der Waals surface area contributed by atoms with Crippen LogP contribution in [0.1, 0.15) is 54.2 Å². The van der Waals surface area contributed by atoms with E-state index in [1.54, 1.807) is 12.4 Å². The second-order valence-corrected chi connectivity index (χ2v) is 7.04. The summed E-state index contributed by atoms with van der Waals surface area (Å²) >= 11 is 0. The van der Waals surface area contributed by atoms with Crippen LogP contribution >= 0.6 is 0 Å². The number of imidazole rings is 2. The molecular weight excluding hydrogens is 326 g/mol. The van der Waals surface area contributed by atoms with Gasteiger partial charge in [-0.2, -0.15) is 0 Å². The van der Waals surface area contributed by atoms with E-state index in [1.807, 2.05) is 18.3 Å². The number of aromatic nitrogens is 4. The van der Waals surface area contributed by atoms with E-state index in [1.165, 1.54) is 6.42 Å². The van der Waals surface area contributed by atoms with Gasteiger partial charge in [-0.25, -0.2) is 9.97 Å². The van der Waals surface area contributed by atoms with E-state index in [9.17, 15) is 5.11 Å². The molecule has 0 aliphatic carbocycles. The first-order valence-corrected chi connectivity index (χ1v) is 9.29. The summed E-state index contributed by atoms with van der Waals surface area (Å²) in [6.45, 7) is 4.73. The molecule has 1 aliphatic rings. The van der Waals surface area contributed by atoms with Crippen LogP contribution in [0.2, 0.25) is 0 Å². The summed E-state index contributed by atoms with van der Waals surface area (Å²) in [5.41, 5.74) is 4.47. The van der Waals surface area contributed by atoms with Crippen molar-refractivity contribution in [2.24, 2.45) is 0 Å². The minimum Gasteiger partial charge on any atom is -0.508 e. The first-order valence-electron chi connectivity index (χ1n) is 9.29. The van der Waals surface area contributed by atoms with Crippen LogP contribution < -0.4 is 0 Å². The Kier molecular flexibility index (Phi) is 4.75. The van der Waals surface area contributed by atoms with Gasteiger partial charge in [-0.05, 0) is 24.1 Å². The summed E-state index contributed by atoms with van der Waals surface area (Å²) in [6.07, 6.45) is 7.07. The predicted octanol–water partition coefficient (Wildman–Crippen LogP) is 3.33. The molecule has 1 unspecified atom stereocenters. The standard InChI is InChI=1S/C20H25N5O/c1-2-3-7-19-21-9-15(24-19)10-25-11-17(14-5-4-6-16(26)8-14)20-18(12-25)22-13-23-20/h4-6,8-9,13,17,26H,2-3,7,10-12H2,1H3,(H,21,24)(H,22,23). The molecule has 3 heterocycles. The van der Waals surface area contributed by atoms with Crippen molar-refractivity contribution in [1.82, 2.24) is 24.8 Å². The highest BCUT2D eigenvalue weighted by atomic mass is 16.3. The third-order valence-corrected chi connectivity index (χ3v) is 5.02. The summed E-state index contributed by atoms with van der Waals surface area (Å²) in [7, 11) is 0. The molecule has 1 aliphatic heterocycles. The van der Waals surface area contributed by atoms with E-state index >= 15 is 0 Å². The lowest BCUT2D eigenvalue weighted by Crippen LogP contribution is -2.34. The van der Waals surface area contributed by atoms with E-state index in [0.29, 0.717) is 5.75 Å². The maximum atomic E-state index is 9.86. The third kappa shape index (κ3) is 3.51. The average Bonchev–Trinajstić information content (AvgIpc) is 3.28. The van der Waals surface area contributed by atoms with E-state index in [2.05, 4.69) is 37.8 Å². The van der Waals surface area contributed by atoms with E-state index in [-0.39, 0.29) is 5.92 Å². The number of hydrogen-bond acceptors (Lipinski definition) is 4. The summed E-state index contributed by atoms with van der Waals surface area (Å²) in [4.78, 5) is 18.2. The van der Waals surface area contributed by atoms with Crippen LogP contribution in [0.5, 0.6) is 5.75 Å². The van der Waals surface area contributed by atoms with Gasteiger partial charge in [0.15, 0.2) is 0 Å². The Bertz CT molecular complexity index is 868. The molecule has 0 saturated heterocycles. The lowest BCUT2D eigenvalue weighted by atomic mass is 9.90. The zero-order valence-electron chi connectivity index (χ0n) is 15.1. The maximum Gasteiger partial charge on any atom is 0.115 e. The molecule has 4 rings (SSSR count). The number of aromatic amines is 2. The largest absolute Gasteiger partial charge is 0.508 e. The normalized spacial score (nSPS) is 17.3. The van der Waals surface area contributed by atoms with Gasteiger partial charge in [0.2, 0.25) is 0 Å². The van der Waals surface area contributed by atoms with Gasteiger partial charge in [0.1, 0.15) is 11.6 Å². The van der Waals surface area contributed by atoms with Crippen LogP contribution in [-0.2, 0) is 19.5 Å². The molecule has 0 spiro atoms. The molecule has 1 aromatic carbocycles. The fourth-order valence-corrected chi connectivity index (χ4v) is 3.71. The monoisotopic (exact) mass is 351 g/mol. The summed E-state index contributed by atoms with van der Waals surface area (Å²) in [6, 6.07) is 7.50. The molecule has 26 heavy (non-hydrogen) atoms. The van der Waals surface area contributed by atoms with Crippen molar-refractivity contribution >= 4 is 0 Å². The number of hydrogen-bond donors (Lipinski definition) is 3. The smallest absolute Gasteiger partial charge is 0.115 e. The van der Waals surface area contributed by atoms with Gasteiger partial charge in [0.25, 0.3) is 0 Å². The number of fused-ring (bicyclic) bond motifs is 1. The second kappa shape index (κ2) is 7.33. The van der Waals surface area contributed by atoms with Gasteiger partial charge in [0, 0.05) is 43.9 Å². The van der Waals surface area contributed by atoms with Gasteiger partial charge in [-0.15, -0.1) is 0 Å². The fourth-order valence-electron chi connectivity index (χ4n) is 3.71. The number of H-pyrrole nitrogens is 2. The van der Waals surface area contributed by atoms with Crippen molar-refractivity contribution < 1.29 is 5.11 Å². The Labute approximate surface area is 153 Å². The van der Waals surface area contributed by atoms with E-state index in [0.717, 1.165) is 60.9 Å². The number of aromatic hydroxyl groups is 1. The topological polar surface area (TPSA) is 80.8 Å². The van der Waals surface area contributed by atoms with E-state index in [4.69, 9.17) is 0 Å². The Morgan fingerprint density at radius 2 is 2.23 bits per heavy atom. The Balaban J connectivity index is 1.53. The first kappa shape index (κ1) is 16.8. The maximum absolute atomic E-state index is 9.86. The minimum absolute atomic E-state index is 0.152. The highest BCUT2D eigenvalue weighted by molar-refractivity contribution is 5.37. The van der Waals surface area contributed by atoms with Crippen LogP contribution in [-0.4, -0.2) is 36.5 Å². The predicted molar refractivity (Wildman–Crippen MR) is 99.9 cm³/mol. The molecule has 6 heteroatoms. The molecule has 0 fully saturated rings. The van der Waals surface area contributed by atoms with E-state index < -0.39 is 0 Å². The van der Waals surface area contributed by atoms with Crippen molar-refractivity contribution in [3.05, 3.63) is 65.3 Å². The molecule has 0 bridgehead atoms. The number of unbranched alkanes of at least 4 members (excludes halogenated alkanes) is 1. The molecule has 0 saturated carbocycles. The van der Waals surface area contributed by atoms with Crippen molar-refractivity contribution in [3.8, 4) is 5.75 Å². The number of benzene rings is 1. The summed E-state index contributed by atoms with van der Waals surface area (Å²) < 4.78 is 0. The Hall–Kier alpha value is -2.60. The molecule has 3 aromatic rings. The van der Waals surface area contributed by atoms with Gasteiger partial charge in [-0.1, -0.05) is 25.5 Å². The molecule has 0 amide bonds. The third-order valence-electron chi connectivity index (χ3n) is 5.02. The van der Waals surface area contributed by atoms with Gasteiger partial charge in [-0.3, -0.25) is 4.90 Å². The first-order chi connectivity index (χ1) is 12.7. The molecular formula is C20H25N5O. The molecule has 136 valence electrons. The number of phenolic OH excluding ortho intramolecular Hbond substituents is 1. The second-order valence-electron chi connectivity index (χ2n) is 7.04. The number of nitrogens with zero attached hydrogens (tertiary/aromatic N) is 3. The average molecular weight is 351 g/mol. The SMILES string of the molecule is CCCCc1ncc(CN2Cc3[nH]cnc3C(c3cccc(O)c3)C2)[nH]1. The van der Waals surface area contributed by atoms with Gasteiger partial charge >= 0.3 is 0 Å². The van der Waals surface area contributed by atoms with Crippen molar-refractivity contribution in [2.45, 2.75) is 45.2 Å². The zero-order chi connectivity index (χ0) is 17.9. The van der Waals surface area contributed by atoms with Crippen LogP contribution in [0.25, 0.3) is 0 Å². The number of rotatable bonds is 6. The van der Waals surface area contributed by atoms with Crippen LogP contribution in [0.3, 0.4) is 0 Å². The van der Waals surface area contributed by atoms with Crippen molar-refractivity contribution in [2.75, 3.05) is 6.54 Å². The lowest BCUT2D eigenvalue weighted by molar-refractivity contribution is 0.225. The summed E-state index contributed by atoms with van der Waals surface area (Å²) in [5, 5.41) is 9.86. The summed E-state index contributed by atoms with van der Waals surface area (Å²) in [5.74, 6) is 1.52. The van der Waals surface area contributed by atoms with Gasteiger partial charge < -0.3 is 15.1 Å². The molecule has 6 nitrogen and oxygen atoms in total. The van der Waals surface area contributed by atoms with Crippen LogP contribution in [0.15, 0.2) is 36.8 Å². The quantitative estimate of drug-likeness (QED) is 0.636. The molecule has 0 radical (unpaired) electrons. The number of phenols is 1. The molecule has 1 atom stereocenters. The minimum atomic E-state index is 0.152. The number of nitrogens with one attached hydrogen (secondary N) is 2. The lowest BCUT2D eigenvalue weighted by Gasteiger charge is -2.32. The highest BCUT2D eigenvalue weighted by Crippen LogP contribution is 2.33. The van der Waals surface area contributed by atoms with Crippen molar-refractivity contribution in [3.63, 3.8) is 0 Å². The van der Waals surface area contributed by atoms with Crippen molar-refractivity contribution in [1.29, 1.82) is 0 Å². The Morgan fingerprint density at radius 3 is 3.08 bits per heavy atom.